The van der Waals surface area contributed by atoms with Crippen molar-refractivity contribution in [3.8, 4) is 11.1 Å². The molecule has 0 saturated heterocycles. The molecule has 0 unspecified atom stereocenters. The largest absolute Gasteiger partial charge is 0.340 e. The number of hydrogen-bond donors (Lipinski definition) is 2. The van der Waals surface area contributed by atoms with E-state index in [1.54, 1.807) is 12.3 Å². The number of pyridine rings is 1. The molecule has 1 aliphatic carbocycles. The number of fused-ring (bicyclic) bond motifs is 2. The number of halogens is 1. The summed E-state index contributed by atoms with van der Waals surface area (Å²) in [7, 11) is 0. The highest BCUT2D eigenvalue weighted by atomic mass is 19.1. The Morgan fingerprint density at radius 1 is 0.944 bits per heavy atom. The number of nitrogens with one attached hydrogen (secondary N) is 2. The Balaban J connectivity index is 1.28. The molecule has 0 bridgehead atoms. The van der Waals surface area contributed by atoms with Crippen LogP contribution in [0.3, 0.4) is 0 Å². The average Bonchev–Trinajstić information content (AvgIpc) is 3.19. The summed E-state index contributed by atoms with van der Waals surface area (Å²) in [5, 5.41) is 3.46. The number of rotatable bonds is 6. The zero-order valence-electron chi connectivity index (χ0n) is 19.8. The van der Waals surface area contributed by atoms with Gasteiger partial charge in [-0.05, 0) is 52.9 Å². The predicted octanol–water partition coefficient (Wildman–Crippen LogP) is 5.42. The van der Waals surface area contributed by atoms with Crippen molar-refractivity contribution in [2.24, 2.45) is 4.99 Å². The normalized spacial score (nSPS) is 14.2. The predicted molar refractivity (Wildman–Crippen MR) is 141 cm³/mol. The van der Waals surface area contributed by atoms with E-state index >= 15 is 4.39 Å². The number of aromatic nitrogens is 3. The van der Waals surface area contributed by atoms with Gasteiger partial charge in [-0.25, -0.2) is 9.37 Å². The number of H-pyrrole nitrogens is 1. The third-order valence-electron chi connectivity index (χ3n) is 6.57. The van der Waals surface area contributed by atoms with Gasteiger partial charge in [0.05, 0.1) is 5.69 Å². The Morgan fingerprint density at radius 2 is 1.83 bits per heavy atom. The van der Waals surface area contributed by atoms with Crippen LogP contribution in [-0.2, 0) is 25.9 Å². The van der Waals surface area contributed by atoms with Gasteiger partial charge in [-0.2, -0.15) is 0 Å². The van der Waals surface area contributed by atoms with Crippen LogP contribution in [-0.4, -0.2) is 27.2 Å². The Kier molecular flexibility index (Phi) is 6.10. The number of aliphatic imine (C=N–C) groups is 1. The topological polar surface area (TPSA) is 66.0 Å². The molecular weight excluding hydrogens is 449 g/mol. The number of hydrogen-bond acceptors (Lipinski definition) is 4. The van der Waals surface area contributed by atoms with Crippen LogP contribution >= 0.6 is 0 Å². The third-order valence-corrected chi connectivity index (χ3v) is 6.57. The number of nitrogens with zero attached hydrogens (tertiary/aromatic N) is 3. The summed E-state index contributed by atoms with van der Waals surface area (Å²) in [6.07, 6.45) is 13.1. The number of benzene rings is 2. The molecule has 0 radical (unpaired) electrons. The first-order valence-corrected chi connectivity index (χ1v) is 12.2. The van der Waals surface area contributed by atoms with Crippen molar-refractivity contribution in [1.82, 2.24) is 20.3 Å². The van der Waals surface area contributed by atoms with Crippen LogP contribution < -0.4 is 5.32 Å². The smallest absolute Gasteiger partial charge is 0.157 e. The molecule has 0 fully saturated rings. The van der Waals surface area contributed by atoms with Crippen molar-refractivity contribution in [3.05, 3.63) is 124 Å². The lowest BCUT2D eigenvalue weighted by atomic mass is 9.92. The number of aromatic amines is 1. The lowest BCUT2D eigenvalue weighted by Crippen LogP contribution is -2.17. The Hall–Kier alpha value is -4.16. The van der Waals surface area contributed by atoms with E-state index in [-0.39, 0.29) is 5.82 Å². The van der Waals surface area contributed by atoms with Crippen molar-refractivity contribution in [3.63, 3.8) is 0 Å². The van der Waals surface area contributed by atoms with Gasteiger partial charge in [-0.3, -0.25) is 9.98 Å². The van der Waals surface area contributed by atoms with Crippen LogP contribution in [0.1, 0.15) is 39.5 Å². The zero-order chi connectivity index (χ0) is 24.3. The minimum Gasteiger partial charge on any atom is -0.340 e. The monoisotopic (exact) mass is 475 g/mol. The minimum atomic E-state index is -0.210. The van der Waals surface area contributed by atoms with Gasteiger partial charge in [-0.15, -0.1) is 0 Å². The van der Waals surface area contributed by atoms with Gasteiger partial charge < -0.3 is 10.3 Å². The highest BCUT2D eigenvalue weighted by Gasteiger charge is 2.23. The van der Waals surface area contributed by atoms with Crippen LogP contribution in [0.4, 0.5) is 4.39 Å². The second-order valence-corrected chi connectivity index (χ2v) is 9.08. The summed E-state index contributed by atoms with van der Waals surface area (Å²) in [5.74, 6) is 0.480. The van der Waals surface area contributed by atoms with E-state index < -0.39 is 0 Å². The molecular formula is C30H26FN5. The van der Waals surface area contributed by atoms with Crippen molar-refractivity contribution in [2.45, 2.75) is 25.9 Å². The highest BCUT2D eigenvalue weighted by molar-refractivity contribution is 6.13. The maximum Gasteiger partial charge on any atom is 0.157 e. The summed E-state index contributed by atoms with van der Waals surface area (Å²) >= 11 is 0. The molecule has 6 rings (SSSR count). The summed E-state index contributed by atoms with van der Waals surface area (Å²) < 4.78 is 15.3. The molecule has 0 saturated carbocycles. The van der Waals surface area contributed by atoms with Gasteiger partial charge in [-0.1, -0.05) is 48.6 Å². The molecule has 0 amide bonds. The van der Waals surface area contributed by atoms with E-state index in [0.29, 0.717) is 30.9 Å². The second-order valence-electron chi connectivity index (χ2n) is 9.08. The molecule has 0 spiro atoms. The molecule has 2 aromatic heterocycles. The molecule has 2 aromatic carbocycles. The van der Waals surface area contributed by atoms with Gasteiger partial charge in [0, 0.05) is 55.3 Å². The van der Waals surface area contributed by atoms with Crippen LogP contribution in [0.2, 0.25) is 0 Å². The minimum absolute atomic E-state index is 0.210. The first-order chi connectivity index (χ1) is 17.7. The third kappa shape index (κ3) is 4.55. The van der Waals surface area contributed by atoms with Gasteiger partial charge in [0.2, 0.25) is 0 Å². The average molecular weight is 476 g/mol. The van der Waals surface area contributed by atoms with E-state index in [0.717, 1.165) is 52.3 Å². The van der Waals surface area contributed by atoms with Gasteiger partial charge in [0.1, 0.15) is 11.5 Å². The fourth-order valence-corrected chi connectivity index (χ4v) is 4.76. The van der Waals surface area contributed by atoms with E-state index in [1.165, 1.54) is 5.56 Å². The summed E-state index contributed by atoms with van der Waals surface area (Å²) in [4.78, 5) is 17.4. The molecule has 2 N–H and O–H groups in total. The quantitative estimate of drug-likeness (QED) is 0.391. The molecule has 6 heteroatoms. The van der Waals surface area contributed by atoms with E-state index in [2.05, 4.69) is 39.6 Å². The molecule has 0 atom stereocenters. The molecule has 5 nitrogen and oxygen atoms in total. The van der Waals surface area contributed by atoms with Crippen molar-refractivity contribution < 1.29 is 4.39 Å². The molecule has 2 aliphatic rings. The van der Waals surface area contributed by atoms with E-state index in [4.69, 9.17) is 9.98 Å². The molecule has 4 aromatic rings. The lowest BCUT2D eigenvalue weighted by molar-refractivity contribution is 0.608. The Bertz CT molecular complexity index is 1500. The van der Waals surface area contributed by atoms with E-state index in [1.807, 2.05) is 48.7 Å². The first-order valence-electron chi connectivity index (χ1n) is 12.2. The maximum absolute atomic E-state index is 15.3. The summed E-state index contributed by atoms with van der Waals surface area (Å²) in [6, 6.07) is 16.0. The molecule has 178 valence electrons. The SMILES string of the molecule is Fc1cc(-c2cncc(CNCc3ccccc3)c2)cc2c1CCN=C2c1nc2c([nH]1)CC=CC=C2. The van der Waals surface area contributed by atoms with E-state index in [9.17, 15) is 0 Å². The molecule has 1 aliphatic heterocycles. The molecule has 36 heavy (non-hydrogen) atoms. The van der Waals surface area contributed by atoms with Gasteiger partial charge >= 0.3 is 0 Å². The summed E-state index contributed by atoms with van der Waals surface area (Å²) in [5.41, 5.74) is 8.10. The van der Waals surface area contributed by atoms with Gasteiger partial charge in [0.25, 0.3) is 0 Å². The summed E-state index contributed by atoms with van der Waals surface area (Å²) in [6.45, 7) is 2.00. The van der Waals surface area contributed by atoms with Crippen LogP contribution in [0.15, 0.2) is 84.1 Å². The zero-order valence-corrected chi connectivity index (χ0v) is 19.8. The van der Waals surface area contributed by atoms with Crippen LogP contribution in [0.25, 0.3) is 17.2 Å². The standard InChI is InChI=1S/C30H26FN5/c31-26-15-22(23-13-21(18-33-19-23)17-32-16-20-7-3-1-4-8-20)14-25-24(26)11-12-34-29(25)30-35-27-9-5-2-6-10-28(27)36-30/h1-9,13-15,18-19,32H,10-12,16-17H2,(H,35,36). The fourth-order valence-electron chi connectivity index (χ4n) is 4.76. The number of allylic oxidation sites excluding steroid dienone is 3. The fraction of sp³-hybridized carbons (Fsp3) is 0.167. The van der Waals surface area contributed by atoms with Crippen molar-refractivity contribution in [1.29, 1.82) is 0 Å². The Labute approximate surface area is 209 Å². The number of imidazole rings is 1. The van der Waals surface area contributed by atoms with Gasteiger partial charge in [0.15, 0.2) is 5.82 Å². The Morgan fingerprint density at radius 3 is 2.75 bits per heavy atom. The van der Waals surface area contributed by atoms with Crippen LogP contribution in [0.5, 0.6) is 0 Å². The second kappa shape index (κ2) is 9.84. The van der Waals surface area contributed by atoms with Crippen molar-refractivity contribution >= 4 is 11.8 Å². The molecule has 3 heterocycles. The highest BCUT2D eigenvalue weighted by Crippen LogP contribution is 2.30. The lowest BCUT2D eigenvalue weighted by Gasteiger charge is -2.18. The van der Waals surface area contributed by atoms with Crippen molar-refractivity contribution in [2.75, 3.05) is 6.54 Å². The first kappa shape index (κ1) is 22.3. The maximum atomic E-state index is 15.3. The van der Waals surface area contributed by atoms with Crippen LogP contribution in [0, 0.1) is 5.82 Å².